The Morgan fingerprint density at radius 1 is 0.810 bits per heavy atom. The molecule has 0 aromatic heterocycles. The summed E-state index contributed by atoms with van der Waals surface area (Å²) in [7, 11) is 0. The van der Waals surface area contributed by atoms with Gasteiger partial charge in [-0.3, -0.25) is 4.79 Å². The number of hydrogen-bond donors (Lipinski definition) is 0. The topological polar surface area (TPSA) is 26.3 Å². The van der Waals surface area contributed by atoms with Crippen molar-refractivity contribution in [2.45, 2.75) is 102 Å². The van der Waals surface area contributed by atoms with Crippen molar-refractivity contribution in [3.05, 3.63) is 0 Å². The van der Waals surface area contributed by atoms with Crippen LogP contribution in [-0.2, 0) is 9.53 Å². The van der Waals surface area contributed by atoms with E-state index in [4.69, 9.17) is 4.74 Å². The van der Waals surface area contributed by atoms with Gasteiger partial charge in [-0.2, -0.15) is 0 Å². The molecule has 0 saturated carbocycles. The van der Waals surface area contributed by atoms with Crippen LogP contribution in [0.1, 0.15) is 97.3 Å². The summed E-state index contributed by atoms with van der Waals surface area (Å²) < 4.78 is 5.12. The van der Waals surface area contributed by atoms with E-state index in [0.29, 0.717) is 6.61 Å². The van der Waals surface area contributed by atoms with Crippen molar-refractivity contribution in [2.24, 2.45) is 0 Å². The Morgan fingerprint density at radius 3 is 1.57 bits per heavy atom. The van der Waals surface area contributed by atoms with Gasteiger partial charge in [0.15, 0.2) is 0 Å². The van der Waals surface area contributed by atoms with E-state index >= 15 is 0 Å². The molecule has 1 atom stereocenters. The van der Waals surface area contributed by atoms with E-state index in [2.05, 4.69) is 22.9 Å². The van der Waals surface area contributed by atoms with E-state index in [0.717, 1.165) is 6.42 Å². The maximum Gasteiger partial charge on any atom is 0.319 e. The second-order valence-corrected chi connectivity index (χ2v) is 7.40. The molecule has 0 aromatic rings. The molecule has 0 aliphatic carbocycles. The minimum Gasteiger partial charge on any atom is -0.465 e. The summed E-state index contributed by atoms with van der Waals surface area (Å²) in [6.07, 6.45) is 17.4. The SMILES string of the molecule is CCCCCCCCCCCCCCCOC(=O)C(C)Br. The van der Waals surface area contributed by atoms with Crippen molar-refractivity contribution in [3.63, 3.8) is 0 Å². The van der Waals surface area contributed by atoms with Gasteiger partial charge < -0.3 is 4.74 Å². The number of hydrogen-bond acceptors (Lipinski definition) is 2. The fourth-order valence-electron chi connectivity index (χ4n) is 2.41. The van der Waals surface area contributed by atoms with Gasteiger partial charge in [0.2, 0.25) is 0 Å². The molecular formula is C18H35BrO2. The molecule has 0 rings (SSSR count). The lowest BCUT2D eigenvalue weighted by atomic mass is 10.0. The zero-order valence-corrected chi connectivity index (χ0v) is 15.8. The highest BCUT2D eigenvalue weighted by atomic mass is 79.9. The molecule has 0 bridgehead atoms. The Labute approximate surface area is 140 Å². The third kappa shape index (κ3) is 16.2. The molecule has 0 amide bonds. The predicted molar refractivity (Wildman–Crippen MR) is 95.0 cm³/mol. The van der Waals surface area contributed by atoms with Crippen LogP contribution in [0, 0.1) is 0 Å². The lowest BCUT2D eigenvalue weighted by molar-refractivity contribution is -0.142. The zero-order chi connectivity index (χ0) is 15.8. The van der Waals surface area contributed by atoms with Crippen LogP contribution in [-0.4, -0.2) is 17.4 Å². The van der Waals surface area contributed by atoms with E-state index in [1.54, 1.807) is 6.92 Å². The molecule has 0 saturated heterocycles. The third-order valence-electron chi connectivity index (χ3n) is 3.82. The Morgan fingerprint density at radius 2 is 1.19 bits per heavy atom. The lowest BCUT2D eigenvalue weighted by Gasteiger charge is -2.06. The number of unbranched alkanes of at least 4 members (excludes halogenated alkanes) is 12. The molecule has 0 aliphatic rings. The molecule has 3 heteroatoms. The number of rotatable bonds is 15. The molecule has 21 heavy (non-hydrogen) atoms. The van der Waals surface area contributed by atoms with Gasteiger partial charge in [-0.25, -0.2) is 0 Å². The first kappa shape index (κ1) is 20.9. The molecule has 1 unspecified atom stereocenters. The standard InChI is InChI=1S/C18H35BrO2/c1-3-4-5-6-7-8-9-10-11-12-13-14-15-16-21-18(20)17(2)19/h17H,3-16H2,1-2H3. The second-order valence-electron chi connectivity index (χ2n) is 6.03. The van der Waals surface area contributed by atoms with Crippen LogP contribution in [0.3, 0.4) is 0 Å². The second kappa shape index (κ2) is 16.3. The predicted octanol–water partition coefficient (Wildman–Crippen LogP) is 6.40. The van der Waals surface area contributed by atoms with Crippen molar-refractivity contribution in [3.8, 4) is 0 Å². The monoisotopic (exact) mass is 362 g/mol. The van der Waals surface area contributed by atoms with Crippen LogP contribution in [0.25, 0.3) is 0 Å². The Bertz CT molecular complexity index is 229. The first-order valence-electron chi connectivity index (χ1n) is 8.99. The minimum atomic E-state index is -0.181. The van der Waals surface area contributed by atoms with Gasteiger partial charge in [0.1, 0.15) is 4.83 Å². The molecule has 126 valence electrons. The number of halogens is 1. The third-order valence-corrected chi connectivity index (χ3v) is 4.19. The molecule has 0 aliphatic heterocycles. The van der Waals surface area contributed by atoms with Crippen molar-refractivity contribution < 1.29 is 9.53 Å². The fraction of sp³-hybridized carbons (Fsp3) is 0.944. The van der Waals surface area contributed by atoms with Crippen molar-refractivity contribution in [1.29, 1.82) is 0 Å². The Balaban J connectivity index is 3.04. The van der Waals surface area contributed by atoms with Crippen LogP contribution in [0.4, 0.5) is 0 Å². The highest BCUT2D eigenvalue weighted by Gasteiger charge is 2.08. The summed E-state index contributed by atoms with van der Waals surface area (Å²) in [4.78, 5) is 11.0. The molecule has 0 heterocycles. The Kier molecular flexibility index (Phi) is 16.3. The number of ether oxygens (including phenoxy) is 1. The summed E-state index contributed by atoms with van der Waals surface area (Å²) in [6.45, 7) is 4.64. The van der Waals surface area contributed by atoms with Gasteiger partial charge in [0, 0.05) is 0 Å². The summed E-state index contributed by atoms with van der Waals surface area (Å²) in [5.41, 5.74) is 0. The first-order valence-corrected chi connectivity index (χ1v) is 9.90. The average molecular weight is 363 g/mol. The van der Waals surface area contributed by atoms with Gasteiger partial charge in [-0.15, -0.1) is 0 Å². The van der Waals surface area contributed by atoms with Crippen LogP contribution >= 0.6 is 15.9 Å². The first-order chi connectivity index (χ1) is 10.2. The van der Waals surface area contributed by atoms with Gasteiger partial charge in [0.25, 0.3) is 0 Å². The van der Waals surface area contributed by atoms with Crippen molar-refractivity contribution in [1.82, 2.24) is 0 Å². The van der Waals surface area contributed by atoms with E-state index in [9.17, 15) is 4.79 Å². The van der Waals surface area contributed by atoms with Crippen molar-refractivity contribution in [2.75, 3.05) is 6.61 Å². The van der Waals surface area contributed by atoms with Gasteiger partial charge >= 0.3 is 5.97 Å². The highest BCUT2D eigenvalue weighted by Crippen LogP contribution is 2.12. The quantitative estimate of drug-likeness (QED) is 0.191. The molecule has 0 radical (unpaired) electrons. The van der Waals surface area contributed by atoms with E-state index in [-0.39, 0.29) is 10.8 Å². The summed E-state index contributed by atoms with van der Waals surface area (Å²) in [5.74, 6) is -0.145. The fourth-order valence-corrected chi connectivity index (χ4v) is 2.54. The largest absolute Gasteiger partial charge is 0.465 e. The molecule has 0 fully saturated rings. The Hall–Kier alpha value is -0.0500. The summed E-state index contributed by atoms with van der Waals surface area (Å²) >= 11 is 3.21. The molecule has 2 nitrogen and oxygen atoms in total. The van der Waals surface area contributed by atoms with Crippen LogP contribution in [0.2, 0.25) is 0 Å². The van der Waals surface area contributed by atoms with E-state index in [1.165, 1.54) is 77.0 Å². The van der Waals surface area contributed by atoms with E-state index < -0.39 is 0 Å². The van der Waals surface area contributed by atoms with Gasteiger partial charge in [0.05, 0.1) is 6.61 Å². The number of carbonyl (C=O) groups is 1. The van der Waals surface area contributed by atoms with Crippen molar-refractivity contribution >= 4 is 21.9 Å². The number of carbonyl (C=O) groups excluding carboxylic acids is 1. The maximum absolute atomic E-state index is 11.2. The summed E-state index contributed by atoms with van der Waals surface area (Å²) in [6, 6.07) is 0. The van der Waals surface area contributed by atoms with Gasteiger partial charge in [-0.05, 0) is 13.3 Å². The average Bonchev–Trinajstić information content (AvgIpc) is 2.47. The number of alkyl halides is 1. The lowest BCUT2D eigenvalue weighted by Crippen LogP contribution is -2.14. The molecule has 0 aromatic carbocycles. The zero-order valence-electron chi connectivity index (χ0n) is 14.2. The molecule has 0 spiro atoms. The van der Waals surface area contributed by atoms with Crippen LogP contribution in [0.15, 0.2) is 0 Å². The van der Waals surface area contributed by atoms with Crippen LogP contribution < -0.4 is 0 Å². The summed E-state index contributed by atoms with van der Waals surface area (Å²) in [5, 5.41) is 0. The normalized spacial score (nSPS) is 12.3. The van der Waals surface area contributed by atoms with Crippen LogP contribution in [0.5, 0.6) is 0 Å². The maximum atomic E-state index is 11.2. The molecule has 0 N–H and O–H groups in total. The highest BCUT2D eigenvalue weighted by molar-refractivity contribution is 9.10. The smallest absolute Gasteiger partial charge is 0.319 e. The minimum absolute atomic E-state index is 0.145. The van der Waals surface area contributed by atoms with E-state index in [1.807, 2.05) is 0 Å². The molecular weight excluding hydrogens is 328 g/mol. The number of esters is 1. The van der Waals surface area contributed by atoms with Gasteiger partial charge in [-0.1, -0.05) is 99.9 Å².